The highest BCUT2D eigenvalue weighted by atomic mass is 32.2. The fraction of sp³-hybridized carbons (Fsp3) is 0.381. The van der Waals surface area contributed by atoms with Crippen molar-refractivity contribution in [1.82, 2.24) is 24.0 Å². The summed E-state index contributed by atoms with van der Waals surface area (Å²) in [5.41, 5.74) is 1.99. The van der Waals surface area contributed by atoms with Crippen molar-refractivity contribution in [2.75, 3.05) is 26.2 Å². The van der Waals surface area contributed by atoms with Gasteiger partial charge in [0.05, 0.1) is 9.77 Å². The van der Waals surface area contributed by atoms with E-state index in [1.165, 1.54) is 15.6 Å². The Labute approximate surface area is 196 Å². The Morgan fingerprint density at radius 2 is 1.88 bits per heavy atom. The molecule has 0 aliphatic carbocycles. The number of hydrogen-bond acceptors (Lipinski definition) is 6. The second kappa shape index (κ2) is 8.89. The van der Waals surface area contributed by atoms with Crippen LogP contribution in [-0.2, 0) is 14.8 Å². The third kappa shape index (κ3) is 4.17. The molecule has 1 amide bonds. The molecule has 0 spiro atoms. The Balaban J connectivity index is 1.48. The van der Waals surface area contributed by atoms with Crippen LogP contribution in [0.4, 0.5) is 0 Å². The Morgan fingerprint density at radius 1 is 1.16 bits per heavy atom. The molecule has 170 valence electrons. The lowest BCUT2D eigenvalue weighted by atomic mass is 10.1. The summed E-state index contributed by atoms with van der Waals surface area (Å²) in [6, 6.07) is 8.47. The smallest absolute Gasteiger partial charge is 0.245 e. The molecule has 1 saturated heterocycles. The Bertz CT molecular complexity index is 1290. The number of aromatic nitrogens is 3. The SMILES string of the molecule is Cc1ccc(S(=O)(=O)N2CCN(C(=O)C(C)n3c(-c4cccs4)n[nH]c3=S)CC2)cc1C. The number of aromatic amines is 1. The largest absolute Gasteiger partial charge is 0.338 e. The number of H-pyrrole nitrogens is 1. The van der Waals surface area contributed by atoms with Gasteiger partial charge in [-0.25, -0.2) is 8.42 Å². The molecule has 3 heterocycles. The molecule has 32 heavy (non-hydrogen) atoms. The molecule has 0 saturated carbocycles. The molecule has 11 heteroatoms. The molecule has 0 bridgehead atoms. The number of carbonyl (C=O) groups is 1. The van der Waals surface area contributed by atoms with Gasteiger partial charge in [-0.2, -0.15) is 9.40 Å². The van der Waals surface area contributed by atoms with E-state index in [9.17, 15) is 13.2 Å². The van der Waals surface area contributed by atoms with E-state index in [1.807, 2.05) is 37.4 Å². The van der Waals surface area contributed by atoms with E-state index in [0.29, 0.717) is 28.6 Å². The van der Waals surface area contributed by atoms with Gasteiger partial charge in [-0.1, -0.05) is 12.1 Å². The number of amides is 1. The van der Waals surface area contributed by atoms with Gasteiger partial charge >= 0.3 is 0 Å². The van der Waals surface area contributed by atoms with Gasteiger partial charge in [-0.05, 0) is 67.7 Å². The van der Waals surface area contributed by atoms with E-state index in [-0.39, 0.29) is 19.0 Å². The van der Waals surface area contributed by atoms with Crippen molar-refractivity contribution < 1.29 is 13.2 Å². The lowest BCUT2D eigenvalue weighted by Gasteiger charge is -2.35. The van der Waals surface area contributed by atoms with Crippen molar-refractivity contribution in [3.8, 4) is 10.7 Å². The zero-order valence-electron chi connectivity index (χ0n) is 18.1. The molecule has 1 aliphatic rings. The molecule has 1 unspecified atom stereocenters. The quantitative estimate of drug-likeness (QED) is 0.553. The monoisotopic (exact) mass is 491 g/mol. The summed E-state index contributed by atoms with van der Waals surface area (Å²) in [4.78, 5) is 16.1. The van der Waals surface area contributed by atoms with Crippen LogP contribution in [0.1, 0.15) is 24.1 Å². The molecular formula is C21H25N5O3S3. The number of piperazine rings is 1. The summed E-state index contributed by atoms with van der Waals surface area (Å²) in [7, 11) is -3.60. The molecular weight excluding hydrogens is 466 g/mol. The highest BCUT2D eigenvalue weighted by Crippen LogP contribution is 2.27. The van der Waals surface area contributed by atoms with Crippen molar-refractivity contribution >= 4 is 39.5 Å². The molecule has 8 nitrogen and oxygen atoms in total. The molecule has 1 N–H and O–H groups in total. The number of hydrogen-bond donors (Lipinski definition) is 1. The first-order chi connectivity index (χ1) is 15.2. The molecule has 4 rings (SSSR count). The summed E-state index contributed by atoms with van der Waals surface area (Å²) < 4.78 is 29.7. The van der Waals surface area contributed by atoms with Crippen LogP contribution in [0, 0.1) is 18.6 Å². The van der Waals surface area contributed by atoms with Crippen LogP contribution in [0.5, 0.6) is 0 Å². The number of carbonyl (C=O) groups excluding carboxylic acids is 1. The van der Waals surface area contributed by atoms with Gasteiger partial charge in [0, 0.05) is 26.2 Å². The van der Waals surface area contributed by atoms with Crippen LogP contribution in [-0.4, -0.2) is 64.5 Å². The predicted molar refractivity (Wildman–Crippen MR) is 127 cm³/mol. The van der Waals surface area contributed by atoms with Gasteiger partial charge in [-0.15, -0.1) is 11.3 Å². The van der Waals surface area contributed by atoms with E-state index in [0.717, 1.165) is 16.0 Å². The first kappa shape index (κ1) is 22.8. The highest BCUT2D eigenvalue weighted by Gasteiger charge is 2.33. The Morgan fingerprint density at radius 3 is 2.50 bits per heavy atom. The summed E-state index contributed by atoms with van der Waals surface area (Å²) in [5, 5.41) is 9.02. The van der Waals surface area contributed by atoms with Crippen LogP contribution >= 0.6 is 23.6 Å². The first-order valence-electron chi connectivity index (χ1n) is 10.3. The van der Waals surface area contributed by atoms with Gasteiger partial charge in [0.25, 0.3) is 0 Å². The number of rotatable bonds is 5. The van der Waals surface area contributed by atoms with Gasteiger partial charge in [0.2, 0.25) is 15.9 Å². The molecule has 1 aromatic carbocycles. The van der Waals surface area contributed by atoms with Crippen LogP contribution in [0.2, 0.25) is 0 Å². The maximum absolute atomic E-state index is 13.2. The normalized spacial score (nSPS) is 16.3. The molecule has 1 fully saturated rings. The van der Waals surface area contributed by atoms with Gasteiger partial charge in [0.1, 0.15) is 6.04 Å². The summed E-state index contributed by atoms with van der Waals surface area (Å²) in [5.74, 6) is 0.519. The summed E-state index contributed by atoms with van der Waals surface area (Å²) >= 11 is 6.90. The van der Waals surface area contributed by atoms with Gasteiger partial charge in [-0.3, -0.25) is 14.5 Å². The van der Waals surface area contributed by atoms with E-state index in [1.54, 1.807) is 28.5 Å². The van der Waals surface area contributed by atoms with Crippen LogP contribution < -0.4 is 0 Å². The molecule has 1 atom stereocenters. The van der Waals surface area contributed by atoms with Crippen molar-refractivity contribution in [3.05, 3.63) is 51.6 Å². The lowest BCUT2D eigenvalue weighted by Crippen LogP contribution is -2.51. The molecule has 1 aliphatic heterocycles. The predicted octanol–water partition coefficient (Wildman–Crippen LogP) is 3.38. The van der Waals surface area contributed by atoms with E-state index >= 15 is 0 Å². The topological polar surface area (TPSA) is 91.3 Å². The standard InChI is InChI=1S/C21H25N5O3S3/c1-14-6-7-17(13-15(14)2)32(28,29)25-10-8-24(9-11-25)20(27)16(3)26-19(22-23-21(26)30)18-5-4-12-31-18/h4-7,12-13,16H,8-11H2,1-3H3,(H,23,30). The average molecular weight is 492 g/mol. The second-order valence-electron chi connectivity index (χ2n) is 7.85. The highest BCUT2D eigenvalue weighted by molar-refractivity contribution is 7.89. The average Bonchev–Trinajstić information content (AvgIpc) is 3.44. The molecule has 2 aromatic heterocycles. The Hall–Kier alpha value is -2.34. The third-order valence-corrected chi connectivity index (χ3v) is 8.91. The molecule has 0 radical (unpaired) electrons. The minimum absolute atomic E-state index is 0.108. The van der Waals surface area contributed by atoms with Crippen molar-refractivity contribution in [2.45, 2.75) is 31.7 Å². The van der Waals surface area contributed by atoms with Gasteiger partial charge < -0.3 is 4.90 Å². The van der Waals surface area contributed by atoms with Crippen LogP contribution in [0.3, 0.4) is 0 Å². The van der Waals surface area contributed by atoms with Crippen molar-refractivity contribution in [1.29, 1.82) is 0 Å². The van der Waals surface area contributed by atoms with Crippen LogP contribution in [0.15, 0.2) is 40.6 Å². The number of aryl methyl sites for hydroxylation is 2. The number of thiophene rings is 1. The minimum Gasteiger partial charge on any atom is -0.338 e. The Kier molecular flexibility index (Phi) is 6.35. The van der Waals surface area contributed by atoms with Crippen LogP contribution in [0.25, 0.3) is 10.7 Å². The summed E-state index contributed by atoms with van der Waals surface area (Å²) in [6.45, 7) is 6.80. The van der Waals surface area contributed by atoms with Crippen molar-refractivity contribution in [3.63, 3.8) is 0 Å². The zero-order valence-corrected chi connectivity index (χ0v) is 20.6. The maximum atomic E-state index is 13.2. The number of nitrogens with one attached hydrogen (secondary N) is 1. The number of nitrogens with zero attached hydrogens (tertiary/aromatic N) is 4. The van der Waals surface area contributed by atoms with Gasteiger partial charge in [0.15, 0.2) is 10.6 Å². The zero-order chi connectivity index (χ0) is 23.0. The maximum Gasteiger partial charge on any atom is 0.245 e. The van der Waals surface area contributed by atoms with E-state index in [4.69, 9.17) is 12.2 Å². The fourth-order valence-electron chi connectivity index (χ4n) is 3.79. The minimum atomic E-state index is -3.60. The third-order valence-electron chi connectivity index (χ3n) is 5.86. The van der Waals surface area contributed by atoms with E-state index < -0.39 is 16.1 Å². The first-order valence-corrected chi connectivity index (χ1v) is 13.0. The second-order valence-corrected chi connectivity index (χ2v) is 11.1. The number of benzene rings is 1. The lowest BCUT2D eigenvalue weighted by molar-refractivity contribution is -0.135. The van der Waals surface area contributed by atoms with Crippen molar-refractivity contribution in [2.24, 2.45) is 0 Å². The fourth-order valence-corrected chi connectivity index (χ4v) is 6.30. The van der Waals surface area contributed by atoms with E-state index in [2.05, 4.69) is 10.2 Å². The molecule has 3 aromatic rings. The number of sulfonamides is 1. The summed E-state index contributed by atoms with van der Waals surface area (Å²) in [6.07, 6.45) is 0.